The van der Waals surface area contributed by atoms with E-state index in [1.165, 1.54) is 0 Å². The summed E-state index contributed by atoms with van der Waals surface area (Å²) in [6, 6.07) is 9.03. The highest BCUT2D eigenvalue weighted by atomic mass is 32.1. The number of rotatable bonds is 3. The molecule has 2 aromatic heterocycles. The zero-order valence-corrected chi connectivity index (χ0v) is 16.1. The quantitative estimate of drug-likeness (QED) is 0.688. The van der Waals surface area contributed by atoms with Gasteiger partial charge in [0.1, 0.15) is 17.5 Å². The van der Waals surface area contributed by atoms with Crippen molar-refractivity contribution >= 4 is 17.4 Å². The Balaban J connectivity index is 1.63. The second kappa shape index (κ2) is 7.71. The van der Waals surface area contributed by atoms with Gasteiger partial charge in [-0.15, -0.1) is 11.3 Å². The molecule has 0 spiro atoms. The fraction of sp³-hybridized carbons (Fsp3) is 0.190. The van der Waals surface area contributed by atoms with Crippen LogP contribution < -0.4 is 10.1 Å². The Labute approximate surface area is 166 Å². The molecule has 0 radical (unpaired) electrons. The number of thiazole rings is 1. The van der Waals surface area contributed by atoms with Crippen LogP contribution >= 0.6 is 11.3 Å². The molecule has 1 fully saturated rings. The lowest BCUT2D eigenvalue weighted by Gasteiger charge is -2.18. The molecule has 0 bridgehead atoms. The minimum atomic E-state index is -0.478. The van der Waals surface area contributed by atoms with Gasteiger partial charge in [0.05, 0.1) is 12.1 Å². The summed E-state index contributed by atoms with van der Waals surface area (Å²) in [4.78, 5) is 20.6. The van der Waals surface area contributed by atoms with Crippen molar-refractivity contribution in [2.45, 2.75) is 19.1 Å². The Morgan fingerprint density at radius 2 is 2.11 bits per heavy atom. The molecular formula is C21H17N3O3S. The summed E-state index contributed by atoms with van der Waals surface area (Å²) in [5, 5.41) is 5.75. The van der Waals surface area contributed by atoms with Gasteiger partial charge in [-0.25, -0.2) is 9.78 Å². The van der Waals surface area contributed by atoms with Gasteiger partial charge in [-0.3, -0.25) is 4.98 Å². The summed E-state index contributed by atoms with van der Waals surface area (Å²) in [5.41, 5.74) is 3.14. The van der Waals surface area contributed by atoms with Gasteiger partial charge < -0.3 is 14.8 Å². The van der Waals surface area contributed by atoms with Crippen molar-refractivity contribution in [3.8, 4) is 17.6 Å². The molecule has 2 atom stereocenters. The first-order chi connectivity index (χ1) is 13.6. The average Bonchev–Trinajstić information content (AvgIpc) is 3.32. The zero-order chi connectivity index (χ0) is 19.5. The van der Waals surface area contributed by atoms with E-state index in [0.29, 0.717) is 5.75 Å². The molecule has 1 amide bonds. The lowest BCUT2D eigenvalue weighted by Crippen LogP contribution is -2.19. The van der Waals surface area contributed by atoms with Gasteiger partial charge in [-0.2, -0.15) is 0 Å². The number of pyridine rings is 1. The van der Waals surface area contributed by atoms with E-state index in [0.717, 1.165) is 27.4 Å². The Kier molecular flexibility index (Phi) is 4.96. The SMILES string of the molecule is COc1cccc([C@H]2OC(=O)N[C@@H]2c2cncc(C#Cc3csc(C)n3)c2)c1. The molecule has 28 heavy (non-hydrogen) atoms. The van der Waals surface area contributed by atoms with Crippen LogP contribution in [-0.2, 0) is 4.74 Å². The molecule has 3 heterocycles. The van der Waals surface area contributed by atoms with Crippen LogP contribution in [0.5, 0.6) is 5.75 Å². The number of carbonyl (C=O) groups is 1. The second-order valence-electron chi connectivity index (χ2n) is 6.23. The van der Waals surface area contributed by atoms with Crippen molar-refractivity contribution in [2.75, 3.05) is 7.11 Å². The number of ether oxygens (including phenoxy) is 2. The number of alkyl carbamates (subject to hydrolysis) is 1. The Morgan fingerprint density at radius 3 is 2.89 bits per heavy atom. The topological polar surface area (TPSA) is 73.3 Å². The van der Waals surface area contributed by atoms with Crippen LogP contribution in [-0.4, -0.2) is 23.2 Å². The van der Waals surface area contributed by atoms with Crippen molar-refractivity contribution in [3.63, 3.8) is 0 Å². The minimum Gasteiger partial charge on any atom is -0.497 e. The normalized spacial score (nSPS) is 18.0. The fourth-order valence-electron chi connectivity index (χ4n) is 3.01. The molecule has 0 unspecified atom stereocenters. The Hall–Kier alpha value is -3.37. The van der Waals surface area contributed by atoms with E-state index in [1.807, 2.05) is 42.6 Å². The van der Waals surface area contributed by atoms with E-state index in [1.54, 1.807) is 30.8 Å². The van der Waals surface area contributed by atoms with Crippen LogP contribution in [0.3, 0.4) is 0 Å². The number of carbonyl (C=O) groups excluding carboxylic acids is 1. The summed E-state index contributed by atoms with van der Waals surface area (Å²) in [6.07, 6.45) is 2.46. The molecule has 3 aromatic rings. The number of methoxy groups -OCH3 is 1. The maximum absolute atomic E-state index is 11.9. The molecule has 1 aromatic carbocycles. The predicted octanol–water partition coefficient (Wildman–Crippen LogP) is 3.78. The average molecular weight is 391 g/mol. The highest BCUT2D eigenvalue weighted by Gasteiger charge is 2.36. The molecule has 1 aliphatic heterocycles. The second-order valence-corrected chi connectivity index (χ2v) is 7.30. The van der Waals surface area contributed by atoms with E-state index < -0.39 is 12.2 Å². The minimum absolute atomic E-state index is 0.365. The summed E-state index contributed by atoms with van der Waals surface area (Å²) >= 11 is 1.56. The number of aryl methyl sites for hydroxylation is 1. The van der Waals surface area contributed by atoms with Crippen molar-refractivity contribution in [2.24, 2.45) is 0 Å². The van der Waals surface area contributed by atoms with Gasteiger partial charge in [-0.05, 0) is 42.2 Å². The van der Waals surface area contributed by atoms with Crippen LogP contribution in [0.4, 0.5) is 4.79 Å². The zero-order valence-electron chi connectivity index (χ0n) is 15.3. The number of nitrogens with one attached hydrogen (secondary N) is 1. The first-order valence-corrected chi connectivity index (χ1v) is 9.50. The van der Waals surface area contributed by atoms with E-state index in [-0.39, 0.29) is 6.04 Å². The molecule has 1 aliphatic rings. The number of hydrogen-bond acceptors (Lipinski definition) is 6. The van der Waals surface area contributed by atoms with Gasteiger partial charge in [0, 0.05) is 23.3 Å². The highest BCUT2D eigenvalue weighted by molar-refractivity contribution is 7.09. The number of cyclic esters (lactones) is 1. The third-order valence-corrected chi connectivity index (χ3v) is 5.08. The Bertz CT molecular complexity index is 1080. The first-order valence-electron chi connectivity index (χ1n) is 8.62. The van der Waals surface area contributed by atoms with Crippen LogP contribution in [0.1, 0.15) is 39.5 Å². The van der Waals surface area contributed by atoms with Gasteiger partial charge in [0.25, 0.3) is 0 Å². The van der Waals surface area contributed by atoms with Gasteiger partial charge in [-0.1, -0.05) is 18.1 Å². The van der Waals surface area contributed by atoms with Crippen molar-refractivity contribution in [1.82, 2.24) is 15.3 Å². The van der Waals surface area contributed by atoms with E-state index in [9.17, 15) is 4.79 Å². The van der Waals surface area contributed by atoms with Gasteiger partial charge >= 0.3 is 6.09 Å². The maximum Gasteiger partial charge on any atom is 0.408 e. The molecule has 0 aliphatic carbocycles. The lowest BCUT2D eigenvalue weighted by molar-refractivity contribution is 0.132. The monoisotopic (exact) mass is 391 g/mol. The lowest BCUT2D eigenvalue weighted by atomic mass is 9.96. The number of nitrogens with zero attached hydrogens (tertiary/aromatic N) is 2. The molecule has 1 saturated heterocycles. The highest BCUT2D eigenvalue weighted by Crippen LogP contribution is 2.37. The van der Waals surface area contributed by atoms with E-state index >= 15 is 0 Å². The predicted molar refractivity (Wildman–Crippen MR) is 105 cm³/mol. The van der Waals surface area contributed by atoms with Crippen LogP contribution in [0.2, 0.25) is 0 Å². The van der Waals surface area contributed by atoms with E-state index in [2.05, 4.69) is 27.1 Å². The number of amides is 1. The standard InChI is InChI=1S/C21H17N3O3S/c1-13-23-17(12-28-13)7-6-14-8-16(11-22-10-14)19-20(27-21(25)24-19)15-4-3-5-18(9-15)26-2/h3-5,8-12,19-20H,1-2H3,(H,24,25)/t19-,20-/m1/s1. The molecule has 4 rings (SSSR count). The largest absolute Gasteiger partial charge is 0.497 e. The third kappa shape index (κ3) is 3.82. The molecule has 6 nitrogen and oxygen atoms in total. The van der Waals surface area contributed by atoms with Crippen LogP contribution in [0, 0.1) is 18.8 Å². The van der Waals surface area contributed by atoms with Crippen molar-refractivity contribution in [1.29, 1.82) is 0 Å². The summed E-state index contributed by atoms with van der Waals surface area (Å²) in [7, 11) is 1.60. The smallest absolute Gasteiger partial charge is 0.408 e. The molecule has 0 saturated carbocycles. The molecule has 140 valence electrons. The summed E-state index contributed by atoms with van der Waals surface area (Å²) in [6.45, 7) is 1.94. The fourth-order valence-corrected chi connectivity index (χ4v) is 3.56. The molecule has 1 N–H and O–H groups in total. The molecule has 7 heteroatoms. The summed E-state index contributed by atoms with van der Waals surface area (Å²) < 4.78 is 10.8. The van der Waals surface area contributed by atoms with Crippen LogP contribution in [0.15, 0.2) is 48.1 Å². The first kappa shape index (κ1) is 18.0. The van der Waals surface area contributed by atoms with Crippen molar-refractivity contribution < 1.29 is 14.3 Å². The number of hydrogen-bond donors (Lipinski definition) is 1. The maximum atomic E-state index is 11.9. The number of aromatic nitrogens is 2. The van der Waals surface area contributed by atoms with Gasteiger partial charge in [0.2, 0.25) is 0 Å². The Morgan fingerprint density at radius 1 is 1.21 bits per heavy atom. The summed E-state index contributed by atoms with van der Waals surface area (Å²) in [5.74, 6) is 6.83. The third-order valence-electron chi connectivity index (χ3n) is 4.30. The van der Waals surface area contributed by atoms with Crippen LogP contribution in [0.25, 0.3) is 0 Å². The number of benzene rings is 1. The van der Waals surface area contributed by atoms with Gasteiger partial charge in [0.15, 0.2) is 6.10 Å². The van der Waals surface area contributed by atoms with E-state index in [4.69, 9.17) is 9.47 Å². The molecular weight excluding hydrogens is 374 g/mol. The van der Waals surface area contributed by atoms with Crippen molar-refractivity contribution in [3.05, 3.63) is 75.5 Å².